The quantitative estimate of drug-likeness (QED) is 0.721. The van der Waals surface area contributed by atoms with Crippen LogP contribution in [0.15, 0.2) is 34.9 Å². The maximum atomic E-state index is 11.6. The molecule has 0 saturated carbocycles. The molecule has 2 aromatic rings. The monoisotopic (exact) mass is 204 g/mol. The number of ether oxygens (including phenoxy) is 1. The third-order valence-corrected chi connectivity index (χ3v) is 2.14. The molecule has 0 unspecified atom stereocenters. The number of para-hydroxylation sites is 1. The van der Waals surface area contributed by atoms with Gasteiger partial charge in [0, 0.05) is 5.39 Å². The fourth-order valence-electron chi connectivity index (χ4n) is 1.41. The number of carbonyl (C=O) groups is 1. The van der Waals surface area contributed by atoms with Crippen LogP contribution in [0.2, 0.25) is 0 Å². The minimum Gasteiger partial charge on any atom is -0.463 e. The number of carbonyl (C=O) groups excluding carboxylic acids is 1. The van der Waals surface area contributed by atoms with E-state index in [1.54, 1.807) is 0 Å². The van der Waals surface area contributed by atoms with E-state index in [0.29, 0.717) is 17.8 Å². The van der Waals surface area contributed by atoms with Crippen LogP contribution in [-0.2, 0) is 4.74 Å². The molecular formula is C12H12O3. The second-order valence-electron chi connectivity index (χ2n) is 3.28. The summed E-state index contributed by atoms with van der Waals surface area (Å²) in [6, 6.07) is 7.41. The Morgan fingerprint density at radius 3 is 3.00 bits per heavy atom. The van der Waals surface area contributed by atoms with Crippen molar-refractivity contribution in [1.29, 1.82) is 0 Å². The van der Waals surface area contributed by atoms with Crippen LogP contribution in [0.5, 0.6) is 0 Å². The Bertz CT molecular complexity index is 470. The summed E-state index contributed by atoms with van der Waals surface area (Å²) in [5.41, 5.74) is 1.21. The summed E-state index contributed by atoms with van der Waals surface area (Å²) in [4.78, 5) is 11.6. The molecule has 0 bridgehead atoms. The average molecular weight is 204 g/mol. The SMILES string of the molecule is CCCOC(=O)c1coc2ccccc12. The first-order valence-corrected chi connectivity index (χ1v) is 4.96. The van der Waals surface area contributed by atoms with Gasteiger partial charge in [0.15, 0.2) is 0 Å². The predicted octanol–water partition coefficient (Wildman–Crippen LogP) is 3.00. The van der Waals surface area contributed by atoms with Crippen molar-refractivity contribution in [3.63, 3.8) is 0 Å². The van der Waals surface area contributed by atoms with E-state index < -0.39 is 0 Å². The number of hydrogen-bond acceptors (Lipinski definition) is 3. The standard InChI is InChI=1S/C12H12O3/c1-2-7-14-12(13)10-8-15-11-6-4-3-5-9(10)11/h3-6,8H,2,7H2,1H3. The van der Waals surface area contributed by atoms with Crippen molar-refractivity contribution in [3.8, 4) is 0 Å². The Morgan fingerprint density at radius 1 is 1.40 bits per heavy atom. The second kappa shape index (κ2) is 4.17. The van der Waals surface area contributed by atoms with Crippen molar-refractivity contribution in [1.82, 2.24) is 0 Å². The van der Waals surface area contributed by atoms with Gasteiger partial charge in [-0.25, -0.2) is 4.79 Å². The molecule has 1 aromatic heterocycles. The molecule has 2 rings (SSSR count). The maximum Gasteiger partial charge on any atom is 0.342 e. The van der Waals surface area contributed by atoms with Crippen LogP contribution >= 0.6 is 0 Å². The first-order valence-electron chi connectivity index (χ1n) is 4.96. The first kappa shape index (κ1) is 9.77. The van der Waals surface area contributed by atoms with E-state index in [2.05, 4.69) is 0 Å². The van der Waals surface area contributed by atoms with Gasteiger partial charge in [0.1, 0.15) is 17.4 Å². The van der Waals surface area contributed by atoms with Gasteiger partial charge in [-0.3, -0.25) is 0 Å². The largest absolute Gasteiger partial charge is 0.463 e. The Morgan fingerprint density at radius 2 is 2.20 bits per heavy atom. The average Bonchev–Trinajstić information content (AvgIpc) is 2.69. The number of fused-ring (bicyclic) bond motifs is 1. The van der Waals surface area contributed by atoms with E-state index in [1.165, 1.54) is 6.26 Å². The van der Waals surface area contributed by atoms with Crippen molar-refractivity contribution in [2.45, 2.75) is 13.3 Å². The number of hydrogen-bond donors (Lipinski definition) is 0. The second-order valence-corrected chi connectivity index (χ2v) is 3.28. The fourth-order valence-corrected chi connectivity index (χ4v) is 1.41. The lowest BCUT2D eigenvalue weighted by molar-refractivity contribution is 0.0506. The highest BCUT2D eigenvalue weighted by atomic mass is 16.5. The molecule has 78 valence electrons. The van der Waals surface area contributed by atoms with E-state index in [0.717, 1.165) is 11.8 Å². The van der Waals surface area contributed by atoms with Gasteiger partial charge in [-0.15, -0.1) is 0 Å². The molecule has 0 aliphatic carbocycles. The van der Waals surface area contributed by atoms with Gasteiger partial charge in [0.2, 0.25) is 0 Å². The van der Waals surface area contributed by atoms with Crippen LogP contribution < -0.4 is 0 Å². The van der Waals surface area contributed by atoms with Gasteiger partial charge in [0.25, 0.3) is 0 Å². The zero-order chi connectivity index (χ0) is 10.7. The van der Waals surface area contributed by atoms with E-state index in [4.69, 9.17) is 9.15 Å². The van der Waals surface area contributed by atoms with Gasteiger partial charge in [-0.2, -0.15) is 0 Å². The molecule has 1 aromatic carbocycles. The molecule has 1 heterocycles. The highest BCUT2D eigenvalue weighted by Crippen LogP contribution is 2.21. The van der Waals surface area contributed by atoms with E-state index in [1.807, 2.05) is 31.2 Å². The number of benzene rings is 1. The predicted molar refractivity (Wildman–Crippen MR) is 56.8 cm³/mol. The third-order valence-electron chi connectivity index (χ3n) is 2.14. The van der Waals surface area contributed by atoms with E-state index >= 15 is 0 Å². The van der Waals surface area contributed by atoms with Crippen LogP contribution in [0.3, 0.4) is 0 Å². The van der Waals surface area contributed by atoms with Crippen LogP contribution in [0.25, 0.3) is 11.0 Å². The van der Waals surface area contributed by atoms with Crippen molar-refractivity contribution in [2.24, 2.45) is 0 Å². The molecule has 0 aliphatic rings. The number of furan rings is 1. The van der Waals surface area contributed by atoms with Crippen molar-refractivity contribution < 1.29 is 13.9 Å². The Balaban J connectivity index is 2.31. The molecule has 0 amide bonds. The van der Waals surface area contributed by atoms with Crippen LogP contribution in [0, 0.1) is 0 Å². The smallest absolute Gasteiger partial charge is 0.342 e. The van der Waals surface area contributed by atoms with E-state index in [-0.39, 0.29) is 5.97 Å². The first-order chi connectivity index (χ1) is 7.33. The number of esters is 1. The minimum atomic E-state index is -0.318. The zero-order valence-corrected chi connectivity index (χ0v) is 8.53. The summed E-state index contributed by atoms with van der Waals surface area (Å²) in [6.07, 6.45) is 2.27. The number of rotatable bonds is 3. The maximum absolute atomic E-state index is 11.6. The Labute approximate surface area is 87.6 Å². The van der Waals surface area contributed by atoms with Gasteiger partial charge >= 0.3 is 5.97 Å². The normalized spacial score (nSPS) is 10.5. The van der Waals surface area contributed by atoms with Gasteiger partial charge in [0.05, 0.1) is 6.61 Å². The molecule has 3 heteroatoms. The molecule has 0 atom stereocenters. The summed E-state index contributed by atoms with van der Waals surface area (Å²) in [6.45, 7) is 2.40. The van der Waals surface area contributed by atoms with Gasteiger partial charge in [-0.1, -0.05) is 25.1 Å². The fraction of sp³-hybridized carbons (Fsp3) is 0.250. The van der Waals surface area contributed by atoms with Gasteiger partial charge in [-0.05, 0) is 12.5 Å². The molecule has 0 N–H and O–H groups in total. The molecular weight excluding hydrogens is 192 g/mol. The summed E-state index contributed by atoms with van der Waals surface area (Å²) in [5.74, 6) is -0.318. The highest BCUT2D eigenvalue weighted by molar-refractivity contribution is 6.03. The Kier molecular flexibility index (Phi) is 2.72. The summed E-state index contributed by atoms with van der Waals surface area (Å²) < 4.78 is 10.3. The molecule has 15 heavy (non-hydrogen) atoms. The van der Waals surface area contributed by atoms with Crippen LogP contribution in [0.1, 0.15) is 23.7 Å². The lowest BCUT2D eigenvalue weighted by Crippen LogP contribution is -2.04. The van der Waals surface area contributed by atoms with Crippen molar-refractivity contribution >= 4 is 16.9 Å². The lowest BCUT2D eigenvalue weighted by Gasteiger charge is -1.99. The van der Waals surface area contributed by atoms with Gasteiger partial charge < -0.3 is 9.15 Å². The molecule has 0 radical (unpaired) electrons. The van der Waals surface area contributed by atoms with E-state index in [9.17, 15) is 4.79 Å². The topological polar surface area (TPSA) is 39.4 Å². The highest BCUT2D eigenvalue weighted by Gasteiger charge is 2.13. The molecule has 3 nitrogen and oxygen atoms in total. The van der Waals surface area contributed by atoms with Crippen molar-refractivity contribution in [2.75, 3.05) is 6.61 Å². The third kappa shape index (κ3) is 1.86. The summed E-state index contributed by atoms with van der Waals surface area (Å²) >= 11 is 0. The molecule has 0 fully saturated rings. The molecule has 0 aliphatic heterocycles. The van der Waals surface area contributed by atoms with Crippen molar-refractivity contribution in [3.05, 3.63) is 36.1 Å². The van der Waals surface area contributed by atoms with Crippen LogP contribution in [0.4, 0.5) is 0 Å². The zero-order valence-electron chi connectivity index (χ0n) is 8.53. The Hall–Kier alpha value is -1.77. The van der Waals surface area contributed by atoms with Crippen LogP contribution in [-0.4, -0.2) is 12.6 Å². The summed E-state index contributed by atoms with van der Waals surface area (Å²) in [5, 5.41) is 0.804. The molecule has 0 spiro atoms. The lowest BCUT2D eigenvalue weighted by atomic mass is 10.2. The molecule has 0 saturated heterocycles. The minimum absolute atomic E-state index is 0.318. The summed E-state index contributed by atoms with van der Waals surface area (Å²) in [7, 11) is 0.